The van der Waals surface area contributed by atoms with Gasteiger partial charge >= 0.3 is 0 Å². The first-order chi connectivity index (χ1) is 10.2. The van der Waals surface area contributed by atoms with Crippen LogP contribution in [0.1, 0.15) is 44.8 Å². The Morgan fingerprint density at radius 3 is 3.29 bits per heavy atom. The Morgan fingerprint density at radius 2 is 2.48 bits per heavy atom. The Bertz CT molecular complexity index is 653. The van der Waals surface area contributed by atoms with E-state index in [1.54, 1.807) is 23.8 Å². The van der Waals surface area contributed by atoms with Crippen molar-refractivity contribution in [2.24, 2.45) is 0 Å². The highest BCUT2D eigenvalue weighted by molar-refractivity contribution is 7.16. The number of halogens is 1. The van der Waals surface area contributed by atoms with E-state index in [0.717, 1.165) is 34.2 Å². The molecule has 4 nitrogen and oxygen atoms in total. The van der Waals surface area contributed by atoms with Crippen molar-refractivity contribution < 1.29 is 9.53 Å². The number of hydrogen-bond donors (Lipinski definition) is 1. The fourth-order valence-corrected chi connectivity index (χ4v) is 4.64. The number of carbonyl (C=O) groups excluding carboxylic acids is 1. The average molecular weight is 343 g/mol. The standard InChI is InChI=1S/C14H15ClN2O2S2/c1-19-6-13-16-10(7-20-13)14(18)17-9-3-2-4-11-8(9)5-12(15)21-11/h5,7,9H,2-4,6H2,1H3,(H,17,18). The summed E-state index contributed by atoms with van der Waals surface area (Å²) in [7, 11) is 1.62. The molecule has 0 aromatic carbocycles. The van der Waals surface area contributed by atoms with Gasteiger partial charge in [0.25, 0.3) is 5.91 Å². The molecule has 1 unspecified atom stereocenters. The number of nitrogens with one attached hydrogen (secondary N) is 1. The molecule has 112 valence electrons. The normalized spacial score (nSPS) is 17.5. The van der Waals surface area contributed by atoms with E-state index in [2.05, 4.69) is 10.3 Å². The number of aryl methyl sites for hydroxylation is 1. The first kappa shape index (κ1) is 15.0. The smallest absolute Gasteiger partial charge is 0.271 e. The lowest BCUT2D eigenvalue weighted by Gasteiger charge is -2.23. The summed E-state index contributed by atoms with van der Waals surface area (Å²) in [5, 5.41) is 5.66. The lowest BCUT2D eigenvalue weighted by Crippen LogP contribution is -2.30. The van der Waals surface area contributed by atoms with E-state index >= 15 is 0 Å². The van der Waals surface area contributed by atoms with Gasteiger partial charge in [0.1, 0.15) is 10.7 Å². The molecule has 0 bridgehead atoms. The Balaban J connectivity index is 1.72. The van der Waals surface area contributed by atoms with Crippen molar-refractivity contribution in [3.63, 3.8) is 0 Å². The molecule has 0 spiro atoms. The second-order valence-corrected chi connectivity index (χ2v) is 7.62. The second kappa shape index (κ2) is 6.44. The summed E-state index contributed by atoms with van der Waals surface area (Å²) in [6, 6.07) is 2.01. The van der Waals surface area contributed by atoms with Crippen LogP contribution in [-0.2, 0) is 17.8 Å². The summed E-state index contributed by atoms with van der Waals surface area (Å²) in [5.41, 5.74) is 1.62. The van der Waals surface area contributed by atoms with Gasteiger partial charge in [-0.25, -0.2) is 4.98 Å². The summed E-state index contributed by atoms with van der Waals surface area (Å²) < 4.78 is 5.81. The number of carbonyl (C=O) groups is 1. The number of amides is 1. The first-order valence-electron chi connectivity index (χ1n) is 6.69. The summed E-state index contributed by atoms with van der Waals surface area (Å²) in [4.78, 5) is 17.9. The van der Waals surface area contributed by atoms with Crippen LogP contribution in [0.5, 0.6) is 0 Å². The van der Waals surface area contributed by atoms with Crippen molar-refractivity contribution in [3.8, 4) is 0 Å². The number of aromatic nitrogens is 1. The molecule has 2 aromatic heterocycles. The number of thiophene rings is 1. The first-order valence-corrected chi connectivity index (χ1v) is 8.77. The fourth-order valence-electron chi connectivity index (χ4n) is 2.51. The predicted molar refractivity (Wildman–Crippen MR) is 85.3 cm³/mol. The Kier molecular flexibility index (Phi) is 4.59. The van der Waals surface area contributed by atoms with Gasteiger partial charge in [-0.15, -0.1) is 22.7 Å². The molecule has 1 atom stereocenters. The minimum absolute atomic E-state index is 0.0394. The quantitative estimate of drug-likeness (QED) is 0.919. The molecule has 1 amide bonds. The van der Waals surface area contributed by atoms with Crippen LogP contribution < -0.4 is 5.32 Å². The summed E-state index contributed by atoms with van der Waals surface area (Å²) in [6.07, 6.45) is 3.06. The van der Waals surface area contributed by atoms with E-state index < -0.39 is 0 Å². The third-order valence-electron chi connectivity index (χ3n) is 3.44. The van der Waals surface area contributed by atoms with Crippen LogP contribution in [0.3, 0.4) is 0 Å². The zero-order valence-corrected chi connectivity index (χ0v) is 13.9. The fraction of sp³-hybridized carbons (Fsp3) is 0.429. The topological polar surface area (TPSA) is 51.2 Å². The van der Waals surface area contributed by atoms with Gasteiger partial charge in [0.15, 0.2) is 0 Å². The van der Waals surface area contributed by atoms with Crippen LogP contribution in [0.2, 0.25) is 4.34 Å². The SMILES string of the molecule is COCc1nc(C(=O)NC2CCCc3sc(Cl)cc32)cs1. The van der Waals surface area contributed by atoms with Crippen LogP contribution >= 0.6 is 34.3 Å². The zero-order chi connectivity index (χ0) is 14.8. The molecular weight excluding hydrogens is 328 g/mol. The maximum Gasteiger partial charge on any atom is 0.271 e. The highest BCUT2D eigenvalue weighted by atomic mass is 35.5. The van der Waals surface area contributed by atoms with E-state index in [1.807, 2.05) is 6.07 Å². The molecule has 1 aliphatic carbocycles. The predicted octanol–water partition coefficient (Wildman–Crippen LogP) is 3.81. The molecule has 0 radical (unpaired) electrons. The minimum Gasteiger partial charge on any atom is -0.378 e. The lowest BCUT2D eigenvalue weighted by atomic mass is 9.94. The van der Waals surface area contributed by atoms with E-state index in [4.69, 9.17) is 16.3 Å². The molecule has 3 rings (SSSR count). The van der Waals surface area contributed by atoms with Gasteiger partial charge in [-0.3, -0.25) is 4.79 Å². The molecular formula is C14H15ClN2O2S2. The van der Waals surface area contributed by atoms with Crippen LogP contribution in [-0.4, -0.2) is 18.0 Å². The molecule has 2 heterocycles. The van der Waals surface area contributed by atoms with Crippen LogP contribution in [0.15, 0.2) is 11.4 Å². The maximum absolute atomic E-state index is 12.3. The van der Waals surface area contributed by atoms with Crippen molar-refractivity contribution in [1.29, 1.82) is 0 Å². The highest BCUT2D eigenvalue weighted by Crippen LogP contribution is 2.37. The number of thiazole rings is 1. The third-order valence-corrected chi connectivity index (χ3v) is 5.60. The second-order valence-electron chi connectivity index (χ2n) is 4.91. The van der Waals surface area contributed by atoms with Crippen LogP contribution in [0, 0.1) is 0 Å². The van der Waals surface area contributed by atoms with Gasteiger partial charge in [0, 0.05) is 17.4 Å². The largest absolute Gasteiger partial charge is 0.378 e. The molecule has 0 fully saturated rings. The van der Waals surface area contributed by atoms with E-state index in [0.29, 0.717) is 12.3 Å². The van der Waals surface area contributed by atoms with E-state index in [1.165, 1.54) is 16.2 Å². The number of nitrogens with zero attached hydrogens (tertiary/aromatic N) is 1. The third kappa shape index (κ3) is 3.29. The van der Waals surface area contributed by atoms with Gasteiger partial charge in [-0.1, -0.05) is 11.6 Å². The lowest BCUT2D eigenvalue weighted by molar-refractivity contribution is 0.0928. The van der Waals surface area contributed by atoms with Crippen molar-refractivity contribution in [2.75, 3.05) is 7.11 Å². The van der Waals surface area contributed by atoms with Gasteiger partial charge < -0.3 is 10.1 Å². The van der Waals surface area contributed by atoms with Gasteiger partial charge in [0.2, 0.25) is 0 Å². The van der Waals surface area contributed by atoms with Crippen LogP contribution in [0.4, 0.5) is 0 Å². The molecule has 2 aromatic rings. The van der Waals surface area contributed by atoms with Crippen molar-refractivity contribution in [2.45, 2.75) is 31.9 Å². The molecule has 0 saturated heterocycles. The highest BCUT2D eigenvalue weighted by Gasteiger charge is 2.25. The average Bonchev–Trinajstić information content (AvgIpc) is 3.05. The molecule has 7 heteroatoms. The summed E-state index contributed by atoms with van der Waals surface area (Å²) >= 11 is 9.14. The summed E-state index contributed by atoms with van der Waals surface area (Å²) in [6.45, 7) is 0.436. The number of rotatable bonds is 4. The Morgan fingerprint density at radius 1 is 1.62 bits per heavy atom. The van der Waals surface area contributed by atoms with Gasteiger partial charge in [-0.05, 0) is 30.9 Å². The van der Waals surface area contributed by atoms with E-state index in [-0.39, 0.29) is 11.9 Å². The van der Waals surface area contributed by atoms with Crippen molar-refractivity contribution in [1.82, 2.24) is 10.3 Å². The number of fused-ring (bicyclic) bond motifs is 1. The number of hydrogen-bond acceptors (Lipinski definition) is 5. The Labute approximate surface area is 136 Å². The van der Waals surface area contributed by atoms with Crippen molar-refractivity contribution in [3.05, 3.63) is 36.9 Å². The zero-order valence-electron chi connectivity index (χ0n) is 11.5. The van der Waals surface area contributed by atoms with Crippen molar-refractivity contribution >= 4 is 40.2 Å². The van der Waals surface area contributed by atoms with Gasteiger partial charge in [-0.2, -0.15) is 0 Å². The maximum atomic E-state index is 12.3. The molecule has 0 aliphatic heterocycles. The molecule has 21 heavy (non-hydrogen) atoms. The number of ether oxygens (including phenoxy) is 1. The molecule has 1 N–H and O–H groups in total. The van der Waals surface area contributed by atoms with E-state index in [9.17, 15) is 4.79 Å². The monoisotopic (exact) mass is 342 g/mol. The molecule has 0 saturated carbocycles. The van der Waals surface area contributed by atoms with Crippen LogP contribution in [0.25, 0.3) is 0 Å². The summed E-state index contributed by atoms with van der Waals surface area (Å²) in [5.74, 6) is -0.131. The minimum atomic E-state index is -0.131. The Hall–Kier alpha value is -0.950. The number of methoxy groups -OCH3 is 1. The van der Waals surface area contributed by atoms with Gasteiger partial charge in [0.05, 0.1) is 17.0 Å². The molecule has 1 aliphatic rings.